The van der Waals surface area contributed by atoms with E-state index < -0.39 is 5.97 Å². The van der Waals surface area contributed by atoms with Gasteiger partial charge in [-0.3, -0.25) is 0 Å². The molecule has 0 N–H and O–H groups in total. The third kappa shape index (κ3) is 5.80. The fraction of sp³-hybridized carbons (Fsp3) is 0.500. The van der Waals surface area contributed by atoms with Crippen LogP contribution in [0.5, 0.6) is 5.75 Å². The number of nitrogens with zero attached hydrogens (tertiary/aromatic N) is 1. The number of aromatic nitrogens is 1. The summed E-state index contributed by atoms with van der Waals surface area (Å²) in [4.78, 5) is 16.6. The van der Waals surface area contributed by atoms with Gasteiger partial charge < -0.3 is 23.4 Å². The monoisotopic (exact) mass is 377 g/mol. The fourth-order valence-electron chi connectivity index (χ4n) is 2.37. The van der Waals surface area contributed by atoms with Crippen molar-refractivity contribution in [3.05, 3.63) is 35.7 Å². The number of benzene rings is 1. The maximum absolute atomic E-state index is 12.2. The van der Waals surface area contributed by atoms with Crippen LogP contribution in [0.4, 0.5) is 0 Å². The Hall–Kier alpha value is -2.38. The molecule has 7 heteroatoms. The third-order valence-electron chi connectivity index (χ3n) is 3.74. The molecule has 1 aromatic carbocycles. The molecule has 0 aliphatic carbocycles. The van der Waals surface area contributed by atoms with Gasteiger partial charge in [-0.05, 0) is 44.0 Å². The highest BCUT2D eigenvalue weighted by Gasteiger charge is 2.23. The van der Waals surface area contributed by atoms with Crippen LogP contribution < -0.4 is 4.74 Å². The summed E-state index contributed by atoms with van der Waals surface area (Å²) in [5, 5.41) is 0. The summed E-state index contributed by atoms with van der Waals surface area (Å²) in [7, 11) is 1.60. The van der Waals surface area contributed by atoms with Crippen LogP contribution in [0, 0.1) is 0 Å². The highest BCUT2D eigenvalue weighted by molar-refractivity contribution is 5.89. The van der Waals surface area contributed by atoms with E-state index in [1.165, 1.54) is 0 Å². The van der Waals surface area contributed by atoms with Crippen LogP contribution in [-0.2, 0) is 20.8 Å². The highest BCUT2D eigenvalue weighted by Crippen LogP contribution is 2.25. The molecule has 2 aromatic rings. The first kappa shape index (κ1) is 20.9. The van der Waals surface area contributed by atoms with Gasteiger partial charge in [0.05, 0.1) is 13.7 Å². The molecule has 1 aromatic heterocycles. The predicted molar refractivity (Wildman–Crippen MR) is 99.6 cm³/mol. The van der Waals surface area contributed by atoms with E-state index in [0.717, 1.165) is 17.7 Å². The smallest absolute Gasteiger partial charge is 0.360 e. The van der Waals surface area contributed by atoms with Gasteiger partial charge in [0.25, 0.3) is 0 Å². The molecule has 0 saturated carbocycles. The van der Waals surface area contributed by atoms with E-state index in [0.29, 0.717) is 24.7 Å². The molecule has 27 heavy (non-hydrogen) atoms. The van der Waals surface area contributed by atoms with E-state index in [1.807, 2.05) is 26.0 Å². The van der Waals surface area contributed by atoms with Gasteiger partial charge in [0.2, 0.25) is 5.89 Å². The van der Waals surface area contributed by atoms with Crippen LogP contribution in [0.1, 0.15) is 49.9 Å². The lowest BCUT2D eigenvalue weighted by molar-refractivity contribution is -0.153. The lowest BCUT2D eigenvalue weighted by Crippen LogP contribution is -2.17. The maximum Gasteiger partial charge on any atom is 0.360 e. The van der Waals surface area contributed by atoms with Gasteiger partial charge >= 0.3 is 5.97 Å². The Labute approximate surface area is 159 Å². The topological polar surface area (TPSA) is 80.0 Å². The second-order valence-corrected chi connectivity index (χ2v) is 5.76. The average molecular weight is 377 g/mol. The van der Waals surface area contributed by atoms with Gasteiger partial charge in [0, 0.05) is 12.2 Å². The maximum atomic E-state index is 12.2. The van der Waals surface area contributed by atoms with Crippen molar-refractivity contribution < 1.29 is 28.2 Å². The van der Waals surface area contributed by atoms with Gasteiger partial charge in [-0.15, -0.1) is 0 Å². The molecule has 0 bridgehead atoms. The Morgan fingerprint density at radius 2 is 1.89 bits per heavy atom. The van der Waals surface area contributed by atoms with Crippen molar-refractivity contribution >= 4 is 5.97 Å². The second kappa shape index (κ2) is 10.7. The van der Waals surface area contributed by atoms with Gasteiger partial charge in [0.15, 0.2) is 17.7 Å². The molecule has 0 aliphatic rings. The molecule has 148 valence electrons. The van der Waals surface area contributed by atoms with E-state index >= 15 is 0 Å². The Bertz CT molecular complexity index is 710. The van der Waals surface area contributed by atoms with Crippen molar-refractivity contribution in [3.8, 4) is 17.2 Å². The van der Waals surface area contributed by atoms with Gasteiger partial charge in [-0.25, -0.2) is 9.78 Å². The summed E-state index contributed by atoms with van der Waals surface area (Å²) in [5.74, 6) is 0.820. The van der Waals surface area contributed by atoms with E-state index in [1.54, 1.807) is 26.2 Å². The summed E-state index contributed by atoms with van der Waals surface area (Å²) in [6.45, 7) is 6.67. The first-order chi connectivity index (χ1) is 13.1. The Balaban J connectivity index is 2.22. The van der Waals surface area contributed by atoms with Gasteiger partial charge in [-0.2, -0.15) is 0 Å². The molecule has 1 unspecified atom stereocenters. The summed E-state index contributed by atoms with van der Waals surface area (Å²) >= 11 is 0. The molecule has 0 radical (unpaired) electrons. The number of esters is 1. The zero-order valence-corrected chi connectivity index (χ0v) is 16.3. The summed E-state index contributed by atoms with van der Waals surface area (Å²) in [6.07, 6.45) is 1.22. The van der Waals surface area contributed by atoms with Crippen LogP contribution in [0.3, 0.4) is 0 Å². The lowest BCUT2D eigenvalue weighted by atomic mass is 10.2. The molecular formula is C20H27NO6. The van der Waals surface area contributed by atoms with Gasteiger partial charge in [0.1, 0.15) is 12.4 Å². The number of oxazole rings is 1. The van der Waals surface area contributed by atoms with E-state index in [-0.39, 0.29) is 25.2 Å². The molecule has 1 heterocycles. The van der Waals surface area contributed by atoms with Crippen LogP contribution in [0.2, 0.25) is 0 Å². The number of rotatable bonds is 11. The molecule has 0 aliphatic heterocycles. The Kier molecular flexibility index (Phi) is 8.29. The highest BCUT2D eigenvalue weighted by atomic mass is 16.7. The third-order valence-corrected chi connectivity index (χ3v) is 3.74. The number of hydrogen-bond donors (Lipinski definition) is 0. The lowest BCUT2D eigenvalue weighted by Gasteiger charge is -2.15. The standard InChI is InChI=1S/C20H27NO6/c1-5-12-25-17(6-2)26-13-16-18(20(22)24-7-3)21-19(27-16)14-8-10-15(23-4)11-9-14/h8-11,17H,5-7,12-13H2,1-4H3. The molecule has 7 nitrogen and oxygen atoms in total. The molecule has 0 spiro atoms. The first-order valence-electron chi connectivity index (χ1n) is 9.17. The minimum atomic E-state index is -0.540. The number of methoxy groups -OCH3 is 1. The van der Waals surface area contributed by atoms with Gasteiger partial charge in [-0.1, -0.05) is 13.8 Å². The largest absolute Gasteiger partial charge is 0.497 e. The van der Waals surface area contributed by atoms with Crippen LogP contribution in [-0.4, -0.2) is 37.6 Å². The molecule has 2 rings (SSSR count). The normalized spacial score (nSPS) is 12.0. The predicted octanol–water partition coefficient (Wildman–Crippen LogP) is 4.21. The summed E-state index contributed by atoms with van der Waals surface area (Å²) < 4.78 is 27.4. The van der Waals surface area contributed by atoms with E-state index in [2.05, 4.69) is 4.98 Å². The van der Waals surface area contributed by atoms with Crippen molar-refractivity contribution in [2.45, 2.75) is 46.5 Å². The number of carbonyl (C=O) groups excluding carboxylic acids is 1. The Morgan fingerprint density at radius 1 is 1.15 bits per heavy atom. The summed E-state index contributed by atoms with van der Waals surface area (Å²) in [5.41, 5.74) is 0.842. The molecule has 1 atom stereocenters. The molecule has 0 fully saturated rings. The quantitative estimate of drug-likeness (QED) is 0.429. The van der Waals surface area contributed by atoms with Crippen molar-refractivity contribution in [2.24, 2.45) is 0 Å². The van der Waals surface area contributed by atoms with Crippen molar-refractivity contribution in [1.29, 1.82) is 0 Å². The molecular weight excluding hydrogens is 350 g/mol. The second-order valence-electron chi connectivity index (χ2n) is 5.76. The van der Waals surface area contributed by atoms with Crippen LogP contribution in [0.15, 0.2) is 28.7 Å². The minimum Gasteiger partial charge on any atom is -0.497 e. The SMILES string of the molecule is CCCOC(CC)OCc1oc(-c2ccc(OC)cc2)nc1C(=O)OCC. The minimum absolute atomic E-state index is 0.0690. The molecule has 0 saturated heterocycles. The zero-order chi connectivity index (χ0) is 19.6. The fourth-order valence-corrected chi connectivity index (χ4v) is 2.37. The summed E-state index contributed by atoms with van der Waals surface area (Å²) in [6, 6.07) is 7.21. The zero-order valence-electron chi connectivity index (χ0n) is 16.3. The first-order valence-corrected chi connectivity index (χ1v) is 9.17. The van der Waals surface area contributed by atoms with E-state index in [4.69, 9.17) is 23.4 Å². The van der Waals surface area contributed by atoms with Crippen LogP contribution in [0.25, 0.3) is 11.5 Å². The average Bonchev–Trinajstić information content (AvgIpc) is 3.13. The Morgan fingerprint density at radius 3 is 2.48 bits per heavy atom. The number of hydrogen-bond acceptors (Lipinski definition) is 7. The van der Waals surface area contributed by atoms with Crippen molar-refractivity contribution in [3.63, 3.8) is 0 Å². The number of carbonyl (C=O) groups is 1. The number of ether oxygens (including phenoxy) is 4. The van der Waals surface area contributed by atoms with Crippen LogP contribution >= 0.6 is 0 Å². The van der Waals surface area contributed by atoms with Crippen molar-refractivity contribution in [2.75, 3.05) is 20.3 Å². The molecule has 0 amide bonds. The van der Waals surface area contributed by atoms with Crippen molar-refractivity contribution in [1.82, 2.24) is 4.98 Å². The van der Waals surface area contributed by atoms with E-state index in [9.17, 15) is 4.79 Å².